The highest BCUT2D eigenvalue weighted by atomic mass is 35.5. The molecule has 0 saturated carbocycles. The van der Waals surface area contributed by atoms with Crippen molar-refractivity contribution in [2.75, 3.05) is 19.1 Å². The van der Waals surface area contributed by atoms with Gasteiger partial charge in [-0.25, -0.2) is 0 Å². The summed E-state index contributed by atoms with van der Waals surface area (Å²) in [6, 6.07) is 11.6. The molecule has 1 heterocycles. The lowest BCUT2D eigenvalue weighted by molar-refractivity contribution is -0.112. The highest BCUT2D eigenvalue weighted by molar-refractivity contribution is 6.32. The fourth-order valence-corrected chi connectivity index (χ4v) is 2.68. The average Bonchev–Trinajstić information content (AvgIpc) is 2.77. The van der Waals surface area contributed by atoms with Crippen molar-refractivity contribution in [2.45, 2.75) is 6.92 Å². The van der Waals surface area contributed by atoms with E-state index in [1.807, 2.05) is 0 Å². The smallest absolute Gasteiger partial charge is 0.272 e. The molecule has 0 fully saturated rings. The van der Waals surface area contributed by atoms with Crippen LogP contribution in [0, 0.1) is 12.7 Å². The van der Waals surface area contributed by atoms with Gasteiger partial charge in [0.05, 0.1) is 5.69 Å². The highest BCUT2D eigenvalue weighted by Gasteiger charge is 2.20. The number of oxime groups is 1. The van der Waals surface area contributed by atoms with Crippen molar-refractivity contribution in [2.24, 2.45) is 5.16 Å². The number of aromatic nitrogens is 2. The van der Waals surface area contributed by atoms with Crippen molar-refractivity contribution in [3.63, 3.8) is 0 Å². The van der Waals surface area contributed by atoms with Gasteiger partial charge in [0.2, 0.25) is 5.82 Å². The minimum atomic E-state index is -0.911. The van der Waals surface area contributed by atoms with Gasteiger partial charge < -0.3 is 19.2 Å². The van der Waals surface area contributed by atoms with E-state index in [0.29, 0.717) is 22.0 Å². The zero-order valence-electron chi connectivity index (χ0n) is 16.9. The number of hydrogen-bond acceptors (Lipinski definition) is 7. The Bertz CT molecular complexity index is 1130. The average molecular weight is 445 g/mol. The van der Waals surface area contributed by atoms with Crippen LogP contribution in [0.15, 0.2) is 53.9 Å². The quantitative estimate of drug-likeness (QED) is 0.386. The summed E-state index contributed by atoms with van der Waals surface area (Å²) in [6.45, 7) is 1.74. The minimum absolute atomic E-state index is 0.187. The first-order chi connectivity index (χ1) is 14.9. The predicted molar refractivity (Wildman–Crippen MR) is 114 cm³/mol. The molecule has 10 heteroatoms. The molecule has 0 atom stereocenters. The van der Waals surface area contributed by atoms with Crippen molar-refractivity contribution in [1.82, 2.24) is 9.97 Å². The molecule has 3 aromatic rings. The minimum Gasteiger partial charge on any atom is -0.436 e. The van der Waals surface area contributed by atoms with Gasteiger partial charge in [-0.3, -0.25) is 4.79 Å². The zero-order chi connectivity index (χ0) is 22.4. The maximum absolute atomic E-state index is 15.0. The number of amides is 1. The van der Waals surface area contributed by atoms with E-state index in [2.05, 4.69) is 20.0 Å². The van der Waals surface area contributed by atoms with Crippen molar-refractivity contribution in [3.05, 3.63) is 65.2 Å². The van der Waals surface area contributed by atoms with E-state index in [1.165, 1.54) is 19.1 Å². The van der Waals surface area contributed by atoms with E-state index >= 15 is 4.39 Å². The number of halogens is 2. The molecule has 1 aromatic heterocycles. The summed E-state index contributed by atoms with van der Waals surface area (Å²) in [5, 5.41) is 3.92. The number of anilines is 1. The van der Waals surface area contributed by atoms with Crippen molar-refractivity contribution >= 4 is 29.4 Å². The van der Waals surface area contributed by atoms with Crippen LogP contribution in [0.2, 0.25) is 5.02 Å². The summed E-state index contributed by atoms with van der Waals surface area (Å²) in [6.07, 6.45) is 2.11. The Hall–Kier alpha value is -3.72. The van der Waals surface area contributed by atoms with Crippen molar-refractivity contribution in [3.8, 4) is 23.3 Å². The lowest BCUT2D eigenvalue weighted by Gasteiger charge is -2.19. The van der Waals surface area contributed by atoms with E-state index in [0.717, 1.165) is 12.5 Å². The fraction of sp³-hybridized carbons (Fsp3) is 0.143. The van der Waals surface area contributed by atoms with E-state index in [1.54, 1.807) is 49.4 Å². The Morgan fingerprint density at radius 2 is 1.74 bits per heavy atom. The standard InChI is InChI=1S/C21H18ClFN4O4/c1-13-14(22)7-6-10-16(13)30-20-19(23)21(25-12-24-20)31-17-9-5-4-8-15(17)27(2)18(28)11-26-29-3/h4-12H,1-3H3. The molecule has 0 aliphatic carbocycles. The molecule has 0 aliphatic rings. The van der Waals surface area contributed by atoms with Gasteiger partial charge >= 0.3 is 0 Å². The molecule has 8 nitrogen and oxygen atoms in total. The third-order valence-corrected chi connectivity index (χ3v) is 4.59. The first-order valence-electron chi connectivity index (χ1n) is 8.97. The molecule has 0 aliphatic heterocycles. The molecule has 1 amide bonds. The van der Waals surface area contributed by atoms with Crippen LogP contribution in [-0.4, -0.2) is 36.2 Å². The molecule has 0 radical (unpaired) electrons. The van der Waals surface area contributed by atoms with Crippen molar-refractivity contribution < 1.29 is 23.5 Å². The summed E-state index contributed by atoms with van der Waals surface area (Å²) in [7, 11) is 2.84. The zero-order valence-corrected chi connectivity index (χ0v) is 17.6. The first kappa shape index (κ1) is 22.0. The topological polar surface area (TPSA) is 86.1 Å². The summed E-state index contributed by atoms with van der Waals surface area (Å²) < 4.78 is 26.2. The third-order valence-electron chi connectivity index (χ3n) is 4.18. The number of ether oxygens (including phenoxy) is 2. The normalized spacial score (nSPS) is 10.7. The summed E-state index contributed by atoms with van der Waals surface area (Å²) in [5.41, 5.74) is 0.995. The molecule has 0 saturated heterocycles. The van der Waals surface area contributed by atoms with E-state index in [9.17, 15) is 4.79 Å². The molecule has 0 spiro atoms. The molecule has 160 valence electrons. The van der Waals surface area contributed by atoms with Gasteiger partial charge in [-0.1, -0.05) is 35.0 Å². The maximum Gasteiger partial charge on any atom is 0.272 e. The second-order valence-corrected chi connectivity index (χ2v) is 6.55. The Morgan fingerprint density at radius 3 is 2.45 bits per heavy atom. The number of benzene rings is 2. The highest BCUT2D eigenvalue weighted by Crippen LogP contribution is 2.35. The number of rotatable bonds is 7. The van der Waals surface area contributed by atoms with E-state index < -0.39 is 11.7 Å². The molecule has 3 rings (SSSR count). The van der Waals surface area contributed by atoms with Crippen LogP contribution in [0.3, 0.4) is 0 Å². The van der Waals surface area contributed by atoms with Gasteiger partial charge in [0.1, 0.15) is 25.4 Å². The number of carbonyl (C=O) groups excluding carboxylic acids is 1. The fourth-order valence-electron chi connectivity index (χ4n) is 2.51. The van der Waals surface area contributed by atoms with Gasteiger partial charge in [0.25, 0.3) is 17.7 Å². The Balaban J connectivity index is 1.89. The van der Waals surface area contributed by atoms with Crippen LogP contribution in [-0.2, 0) is 9.63 Å². The summed E-state index contributed by atoms with van der Waals surface area (Å²) in [4.78, 5) is 25.7. The van der Waals surface area contributed by atoms with Gasteiger partial charge in [0.15, 0.2) is 5.75 Å². The van der Waals surface area contributed by atoms with Crippen LogP contribution >= 0.6 is 11.6 Å². The van der Waals surface area contributed by atoms with E-state index in [4.69, 9.17) is 21.1 Å². The number of nitrogens with zero attached hydrogens (tertiary/aromatic N) is 4. The third kappa shape index (κ3) is 5.07. The molecular weight excluding hydrogens is 427 g/mol. The molecular formula is C21H18ClFN4O4. The number of carbonyl (C=O) groups is 1. The summed E-state index contributed by atoms with van der Waals surface area (Å²) >= 11 is 6.08. The maximum atomic E-state index is 15.0. The van der Waals surface area contributed by atoms with Crippen LogP contribution in [0.25, 0.3) is 0 Å². The van der Waals surface area contributed by atoms with Crippen LogP contribution < -0.4 is 14.4 Å². The lowest BCUT2D eigenvalue weighted by atomic mass is 10.2. The molecule has 31 heavy (non-hydrogen) atoms. The van der Waals surface area contributed by atoms with Crippen LogP contribution in [0.4, 0.5) is 10.1 Å². The molecule has 2 aromatic carbocycles. The van der Waals surface area contributed by atoms with E-state index in [-0.39, 0.29) is 17.5 Å². The van der Waals surface area contributed by atoms with Crippen molar-refractivity contribution in [1.29, 1.82) is 0 Å². The van der Waals surface area contributed by atoms with Gasteiger partial charge in [0, 0.05) is 17.6 Å². The lowest BCUT2D eigenvalue weighted by Crippen LogP contribution is -2.27. The van der Waals surface area contributed by atoms with Gasteiger partial charge in [-0.05, 0) is 31.2 Å². The Kier molecular flexibility index (Phi) is 6.99. The second kappa shape index (κ2) is 9.86. The van der Waals surface area contributed by atoms with Gasteiger partial charge in [-0.2, -0.15) is 14.4 Å². The number of para-hydroxylation sites is 2. The first-order valence-corrected chi connectivity index (χ1v) is 9.34. The van der Waals surface area contributed by atoms with Crippen LogP contribution in [0.1, 0.15) is 5.56 Å². The Morgan fingerprint density at radius 1 is 1.10 bits per heavy atom. The summed E-state index contributed by atoms with van der Waals surface area (Å²) in [5.74, 6) is -1.55. The predicted octanol–water partition coefficient (Wildman–Crippen LogP) is 4.76. The molecule has 0 unspecified atom stereocenters. The molecule has 0 bridgehead atoms. The monoisotopic (exact) mass is 444 g/mol. The SMILES string of the molecule is CON=CC(=O)N(C)c1ccccc1Oc1ncnc(Oc2cccc(Cl)c2C)c1F. The second-order valence-electron chi connectivity index (χ2n) is 6.15. The number of hydrogen-bond donors (Lipinski definition) is 0. The van der Waals surface area contributed by atoms with Crippen LogP contribution in [0.5, 0.6) is 23.3 Å². The Labute approximate surface area is 182 Å². The molecule has 0 N–H and O–H groups in total. The van der Waals surface area contributed by atoms with Gasteiger partial charge in [-0.15, -0.1) is 0 Å². The largest absolute Gasteiger partial charge is 0.436 e.